The Kier molecular flexibility index (Phi) is 11.4. The average molecular weight is 353 g/mol. The zero-order chi connectivity index (χ0) is 18.5. The third-order valence-corrected chi connectivity index (χ3v) is 6.25. The molecule has 3 heteroatoms. The Balaban J connectivity index is 2.01. The van der Waals surface area contributed by atoms with E-state index in [0.29, 0.717) is 5.92 Å². The largest absolute Gasteiger partial charge is 0.359 e. The van der Waals surface area contributed by atoms with E-state index in [2.05, 4.69) is 31.0 Å². The second kappa shape index (κ2) is 12.7. The lowest BCUT2D eigenvalue weighted by atomic mass is 9.73. The lowest BCUT2D eigenvalue weighted by molar-refractivity contribution is -0.132. The summed E-state index contributed by atoms with van der Waals surface area (Å²) >= 11 is 0. The van der Waals surface area contributed by atoms with E-state index in [4.69, 9.17) is 0 Å². The van der Waals surface area contributed by atoms with Gasteiger partial charge in [0.15, 0.2) is 0 Å². The number of hydrogen-bond acceptors (Lipinski definition) is 2. The minimum Gasteiger partial charge on any atom is -0.359 e. The zero-order valence-electron chi connectivity index (χ0n) is 17.5. The van der Waals surface area contributed by atoms with E-state index < -0.39 is 0 Å². The van der Waals surface area contributed by atoms with Crippen LogP contribution in [0, 0.1) is 11.3 Å². The van der Waals surface area contributed by atoms with Crippen molar-refractivity contribution in [3.05, 3.63) is 0 Å². The van der Waals surface area contributed by atoms with Gasteiger partial charge in [-0.25, -0.2) is 0 Å². The van der Waals surface area contributed by atoms with Crippen molar-refractivity contribution >= 4 is 5.91 Å². The van der Waals surface area contributed by atoms with Gasteiger partial charge < -0.3 is 10.2 Å². The van der Waals surface area contributed by atoms with E-state index in [0.717, 1.165) is 12.8 Å². The number of nitrogens with zero attached hydrogens (tertiary/aromatic N) is 1. The van der Waals surface area contributed by atoms with Crippen LogP contribution in [-0.2, 0) is 4.79 Å². The molecular weight excluding hydrogens is 308 g/mol. The van der Waals surface area contributed by atoms with Crippen LogP contribution in [0.15, 0.2) is 0 Å². The first-order valence-corrected chi connectivity index (χ1v) is 11.0. The van der Waals surface area contributed by atoms with E-state index in [-0.39, 0.29) is 11.3 Å². The standard InChI is InChI=1S/C22H44N2O/c1-5-6-7-8-9-10-11-12-13-14-17-24-18-15-20(16-19-24)22(2,3)21(25)23-4/h20H,5-19H2,1-4H3,(H,23,25). The lowest BCUT2D eigenvalue weighted by Crippen LogP contribution is -2.45. The normalized spacial score (nSPS) is 17.0. The first-order valence-electron chi connectivity index (χ1n) is 11.0. The number of amides is 1. The molecule has 1 heterocycles. The molecule has 1 aliphatic rings. The van der Waals surface area contributed by atoms with Crippen molar-refractivity contribution < 1.29 is 4.79 Å². The Bertz CT molecular complexity index is 346. The number of carbonyl (C=O) groups excluding carboxylic acids is 1. The van der Waals surface area contributed by atoms with Crippen LogP contribution >= 0.6 is 0 Å². The van der Waals surface area contributed by atoms with Gasteiger partial charge in [-0.15, -0.1) is 0 Å². The molecule has 0 bridgehead atoms. The summed E-state index contributed by atoms with van der Waals surface area (Å²) in [6.07, 6.45) is 16.4. The SMILES string of the molecule is CCCCCCCCCCCCN1CCC(C(C)(C)C(=O)NC)CC1. The van der Waals surface area contributed by atoms with Crippen LogP contribution in [0.2, 0.25) is 0 Å². The number of unbranched alkanes of at least 4 members (excludes halogenated alkanes) is 9. The maximum absolute atomic E-state index is 12.1. The molecule has 0 saturated carbocycles. The maximum atomic E-state index is 12.1. The highest BCUT2D eigenvalue weighted by atomic mass is 16.2. The molecule has 0 atom stereocenters. The summed E-state index contributed by atoms with van der Waals surface area (Å²) < 4.78 is 0. The van der Waals surface area contributed by atoms with Gasteiger partial charge in [0.2, 0.25) is 5.91 Å². The highest BCUT2D eigenvalue weighted by Gasteiger charge is 2.37. The highest BCUT2D eigenvalue weighted by Crippen LogP contribution is 2.35. The van der Waals surface area contributed by atoms with Crippen molar-refractivity contribution in [2.75, 3.05) is 26.7 Å². The van der Waals surface area contributed by atoms with Crippen LogP contribution in [0.25, 0.3) is 0 Å². The average Bonchev–Trinajstić information content (AvgIpc) is 2.63. The Labute approximate surface area is 157 Å². The topological polar surface area (TPSA) is 32.3 Å². The Hall–Kier alpha value is -0.570. The molecule has 148 valence electrons. The van der Waals surface area contributed by atoms with Gasteiger partial charge in [-0.05, 0) is 44.8 Å². The van der Waals surface area contributed by atoms with E-state index in [1.54, 1.807) is 7.05 Å². The molecule has 1 aliphatic heterocycles. The molecule has 1 rings (SSSR count). The molecular formula is C22H44N2O. The second-order valence-corrected chi connectivity index (χ2v) is 8.60. The first-order chi connectivity index (χ1) is 12.0. The predicted octanol–water partition coefficient (Wildman–Crippen LogP) is 5.39. The van der Waals surface area contributed by atoms with Crippen molar-refractivity contribution in [3.63, 3.8) is 0 Å². The fourth-order valence-corrected chi connectivity index (χ4v) is 4.21. The Morgan fingerprint density at radius 2 is 1.40 bits per heavy atom. The van der Waals surface area contributed by atoms with Crippen molar-refractivity contribution in [1.29, 1.82) is 0 Å². The van der Waals surface area contributed by atoms with Crippen LogP contribution in [0.4, 0.5) is 0 Å². The van der Waals surface area contributed by atoms with Crippen LogP contribution in [0.1, 0.15) is 97.8 Å². The summed E-state index contributed by atoms with van der Waals surface area (Å²) in [5.41, 5.74) is -0.224. The van der Waals surface area contributed by atoms with E-state index >= 15 is 0 Å². The number of piperidine rings is 1. The van der Waals surface area contributed by atoms with Crippen LogP contribution in [0.5, 0.6) is 0 Å². The molecule has 0 aliphatic carbocycles. The molecule has 0 radical (unpaired) electrons. The smallest absolute Gasteiger partial charge is 0.225 e. The van der Waals surface area contributed by atoms with Crippen LogP contribution in [0.3, 0.4) is 0 Å². The highest BCUT2D eigenvalue weighted by molar-refractivity contribution is 5.81. The van der Waals surface area contributed by atoms with Gasteiger partial charge >= 0.3 is 0 Å². The van der Waals surface area contributed by atoms with Gasteiger partial charge in [0.1, 0.15) is 0 Å². The maximum Gasteiger partial charge on any atom is 0.225 e. The number of carbonyl (C=O) groups is 1. The number of hydrogen-bond donors (Lipinski definition) is 1. The Morgan fingerprint density at radius 3 is 1.88 bits per heavy atom. The van der Waals surface area contributed by atoms with Crippen LogP contribution in [-0.4, -0.2) is 37.5 Å². The minimum atomic E-state index is -0.224. The molecule has 0 aromatic rings. The number of nitrogens with one attached hydrogen (secondary N) is 1. The van der Waals surface area contributed by atoms with Crippen molar-refractivity contribution in [2.24, 2.45) is 11.3 Å². The van der Waals surface area contributed by atoms with Crippen LogP contribution < -0.4 is 5.32 Å². The van der Waals surface area contributed by atoms with Crippen molar-refractivity contribution in [1.82, 2.24) is 10.2 Å². The molecule has 1 amide bonds. The van der Waals surface area contributed by atoms with Crippen molar-refractivity contribution in [3.8, 4) is 0 Å². The summed E-state index contributed by atoms with van der Waals surface area (Å²) in [7, 11) is 1.75. The monoisotopic (exact) mass is 352 g/mol. The first kappa shape index (κ1) is 22.5. The molecule has 0 aromatic heterocycles. The molecule has 0 spiro atoms. The summed E-state index contributed by atoms with van der Waals surface area (Å²) in [5.74, 6) is 0.719. The lowest BCUT2D eigenvalue weighted by Gasteiger charge is -2.39. The van der Waals surface area contributed by atoms with E-state index in [9.17, 15) is 4.79 Å². The van der Waals surface area contributed by atoms with Gasteiger partial charge in [0, 0.05) is 12.5 Å². The fraction of sp³-hybridized carbons (Fsp3) is 0.955. The molecule has 0 unspecified atom stereocenters. The summed E-state index contributed by atoms with van der Waals surface area (Å²) in [6.45, 7) is 10.1. The van der Waals surface area contributed by atoms with Gasteiger partial charge in [-0.3, -0.25) is 4.79 Å². The third kappa shape index (κ3) is 8.57. The van der Waals surface area contributed by atoms with E-state index in [1.165, 1.54) is 83.8 Å². The van der Waals surface area contributed by atoms with Gasteiger partial charge in [0.25, 0.3) is 0 Å². The number of rotatable bonds is 13. The Morgan fingerprint density at radius 1 is 0.920 bits per heavy atom. The molecule has 1 fully saturated rings. The van der Waals surface area contributed by atoms with Gasteiger partial charge in [0.05, 0.1) is 0 Å². The summed E-state index contributed by atoms with van der Waals surface area (Å²) in [5, 5.41) is 2.83. The minimum absolute atomic E-state index is 0.195. The molecule has 1 saturated heterocycles. The molecule has 3 nitrogen and oxygen atoms in total. The van der Waals surface area contributed by atoms with Crippen molar-refractivity contribution in [2.45, 2.75) is 97.8 Å². The summed E-state index contributed by atoms with van der Waals surface area (Å²) in [6, 6.07) is 0. The zero-order valence-corrected chi connectivity index (χ0v) is 17.5. The quantitative estimate of drug-likeness (QED) is 0.451. The molecule has 1 N–H and O–H groups in total. The van der Waals surface area contributed by atoms with E-state index in [1.807, 2.05) is 0 Å². The molecule has 25 heavy (non-hydrogen) atoms. The van der Waals surface area contributed by atoms with Gasteiger partial charge in [-0.2, -0.15) is 0 Å². The summed E-state index contributed by atoms with van der Waals surface area (Å²) in [4.78, 5) is 14.7. The second-order valence-electron chi connectivity index (χ2n) is 8.60. The predicted molar refractivity (Wildman–Crippen MR) is 109 cm³/mol. The van der Waals surface area contributed by atoms with Gasteiger partial charge in [-0.1, -0.05) is 78.6 Å². The molecule has 0 aromatic carbocycles. The third-order valence-electron chi connectivity index (χ3n) is 6.25. The fourth-order valence-electron chi connectivity index (χ4n) is 4.21. The number of likely N-dealkylation sites (tertiary alicyclic amines) is 1.